The minimum Gasteiger partial charge on any atom is -0.756 e. The van der Waals surface area contributed by atoms with Crippen molar-refractivity contribution >= 4 is 19.8 Å². The van der Waals surface area contributed by atoms with Gasteiger partial charge in [0, 0.05) is 12.8 Å². The highest BCUT2D eigenvalue weighted by Gasteiger charge is 2.22. The van der Waals surface area contributed by atoms with E-state index in [-0.39, 0.29) is 32.0 Å². The smallest absolute Gasteiger partial charge is 0.306 e. The summed E-state index contributed by atoms with van der Waals surface area (Å²) in [5.74, 6) is -0.824. The van der Waals surface area contributed by atoms with Gasteiger partial charge < -0.3 is 27.9 Å². The first-order chi connectivity index (χ1) is 35.0. The zero-order chi connectivity index (χ0) is 52.7. The number of hydrogen-bond donors (Lipinski definition) is 0. The van der Waals surface area contributed by atoms with Crippen LogP contribution < -0.4 is 4.89 Å². The van der Waals surface area contributed by atoms with Crippen molar-refractivity contribution in [1.29, 1.82) is 0 Å². The van der Waals surface area contributed by atoms with E-state index in [4.69, 9.17) is 18.5 Å². The number of esters is 2. The molecule has 0 radical (unpaired) electrons. The molecule has 0 rings (SSSR count). The largest absolute Gasteiger partial charge is 0.756 e. The number of phosphoric ester groups is 1. The molecule has 420 valence electrons. The summed E-state index contributed by atoms with van der Waals surface area (Å²) in [5.41, 5.74) is 0. The lowest BCUT2D eigenvalue weighted by Gasteiger charge is -2.28. The molecule has 0 fully saturated rings. The van der Waals surface area contributed by atoms with Crippen LogP contribution >= 0.6 is 7.82 Å². The lowest BCUT2D eigenvalue weighted by molar-refractivity contribution is -0.870. The molecule has 0 aliphatic heterocycles. The first-order valence-electron chi connectivity index (χ1n) is 30.0. The highest BCUT2D eigenvalue weighted by Crippen LogP contribution is 2.38. The Labute approximate surface area is 445 Å². The predicted octanol–water partition coefficient (Wildman–Crippen LogP) is 18.1. The topological polar surface area (TPSA) is 111 Å². The third-order valence-electron chi connectivity index (χ3n) is 13.1. The van der Waals surface area contributed by atoms with Crippen molar-refractivity contribution < 1.29 is 42.1 Å². The van der Waals surface area contributed by atoms with Crippen molar-refractivity contribution in [3.8, 4) is 0 Å². The Morgan fingerprint density at radius 1 is 0.444 bits per heavy atom. The summed E-state index contributed by atoms with van der Waals surface area (Å²) in [6.45, 7) is 4.16. The molecule has 0 aromatic carbocycles. The third kappa shape index (κ3) is 57.0. The summed E-state index contributed by atoms with van der Waals surface area (Å²) in [6.07, 6.45) is 68.4. The molecule has 0 heterocycles. The van der Waals surface area contributed by atoms with Crippen LogP contribution in [0, 0.1) is 0 Å². The number of quaternary nitrogens is 1. The van der Waals surface area contributed by atoms with E-state index in [2.05, 4.69) is 74.6 Å². The lowest BCUT2D eigenvalue weighted by atomic mass is 10.0. The summed E-state index contributed by atoms with van der Waals surface area (Å²) in [7, 11) is 1.17. The van der Waals surface area contributed by atoms with Gasteiger partial charge in [-0.15, -0.1) is 0 Å². The fourth-order valence-electron chi connectivity index (χ4n) is 8.45. The average Bonchev–Trinajstić information content (AvgIpc) is 3.34. The molecular weight excluding hydrogens is 918 g/mol. The van der Waals surface area contributed by atoms with Gasteiger partial charge in [-0.3, -0.25) is 14.2 Å². The molecule has 0 saturated carbocycles. The highest BCUT2D eigenvalue weighted by atomic mass is 31.2. The Kier molecular flexibility index (Phi) is 51.8. The molecule has 72 heavy (non-hydrogen) atoms. The number of unbranched alkanes of at least 4 members (excludes halogenated alkanes) is 31. The lowest BCUT2D eigenvalue weighted by Crippen LogP contribution is -2.37. The van der Waals surface area contributed by atoms with Crippen molar-refractivity contribution in [1.82, 2.24) is 0 Å². The maximum Gasteiger partial charge on any atom is 0.306 e. The van der Waals surface area contributed by atoms with Crippen LogP contribution in [0.5, 0.6) is 0 Å². The molecule has 0 N–H and O–H groups in total. The van der Waals surface area contributed by atoms with Gasteiger partial charge in [0.25, 0.3) is 7.82 Å². The van der Waals surface area contributed by atoms with Crippen LogP contribution in [-0.2, 0) is 32.7 Å². The molecule has 0 bridgehead atoms. The number of rotatable bonds is 55. The maximum atomic E-state index is 12.8. The van der Waals surface area contributed by atoms with Crippen molar-refractivity contribution in [2.24, 2.45) is 0 Å². The van der Waals surface area contributed by atoms with E-state index < -0.39 is 26.5 Å². The first kappa shape index (κ1) is 69.7. The highest BCUT2D eigenvalue weighted by molar-refractivity contribution is 7.45. The van der Waals surface area contributed by atoms with Gasteiger partial charge in [-0.2, -0.15) is 0 Å². The van der Waals surface area contributed by atoms with Crippen LogP contribution in [0.15, 0.2) is 60.8 Å². The van der Waals surface area contributed by atoms with Gasteiger partial charge in [0.1, 0.15) is 19.8 Å². The van der Waals surface area contributed by atoms with Gasteiger partial charge in [-0.05, 0) is 57.8 Å². The Morgan fingerprint density at radius 2 is 0.792 bits per heavy atom. The molecule has 0 aromatic rings. The summed E-state index contributed by atoms with van der Waals surface area (Å²) >= 11 is 0. The van der Waals surface area contributed by atoms with E-state index in [1.54, 1.807) is 0 Å². The summed E-state index contributed by atoms with van der Waals surface area (Å²) in [6, 6.07) is 0. The van der Waals surface area contributed by atoms with Crippen LogP contribution in [0.25, 0.3) is 0 Å². The van der Waals surface area contributed by atoms with Crippen molar-refractivity contribution in [3.63, 3.8) is 0 Å². The van der Waals surface area contributed by atoms with Gasteiger partial charge >= 0.3 is 11.9 Å². The van der Waals surface area contributed by atoms with E-state index in [0.717, 1.165) is 70.6 Å². The molecule has 9 nitrogen and oxygen atoms in total. The van der Waals surface area contributed by atoms with Gasteiger partial charge in [0.15, 0.2) is 6.10 Å². The molecule has 0 aromatic heterocycles. The second kappa shape index (κ2) is 53.5. The molecule has 0 aliphatic carbocycles. The van der Waals surface area contributed by atoms with Gasteiger partial charge in [-0.25, -0.2) is 0 Å². The van der Waals surface area contributed by atoms with Crippen molar-refractivity contribution in [2.45, 2.75) is 277 Å². The number of likely N-dealkylation sites (N-methyl/N-ethyl adjacent to an activating group) is 1. The molecule has 0 aliphatic rings. The standard InChI is InChI=1S/C62H114NO8P/c1-6-8-10-12-14-16-18-20-22-24-26-27-28-29-30-31-32-33-34-35-37-39-41-43-45-47-49-51-53-55-62(65)71-60(59-70-72(66,67)69-57-56-63(3,4)5)58-68-61(64)54-52-50-48-46-44-42-40-38-36-25-23-21-19-17-15-13-11-9-7-2/h8,10,14,16,20,22,26-27,29-30,60H,6-7,9,11-13,15,17-19,21,23-25,28,31-59H2,1-5H3/b10-8-,16-14-,22-20-,27-26-,30-29-. The van der Waals surface area contributed by atoms with Crippen molar-refractivity contribution in [3.05, 3.63) is 60.8 Å². The van der Waals surface area contributed by atoms with Gasteiger partial charge in [0.05, 0.1) is 27.7 Å². The number of carbonyl (C=O) groups is 2. The Hall–Kier alpha value is -2.29. The molecule has 10 heteroatoms. The fraction of sp³-hybridized carbons (Fsp3) is 0.806. The Bertz CT molecular complexity index is 1400. The van der Waals surface area contributed by atoms with Gasteiger partial charge in [0.2, 0.25) is 0 Å². The van der Waals surface area contributed by atoms with Crippen LogP contribution in [0.2, 0.25) is 0 Å². The van der Waals surface area contributed by atoms with Crippen LogP contribution in [0.4, 0.5) is 0 Å². The second-order valence-corrected chi connectivity index (χ2v) is 22.8. The van der Waals surface area contributed by atoms with Gasteiger partial charge in [-0.1, -0.05) is 261 Å². The average molecular weight is 1030 g/mol. The zero-order valence-corrected chi connectivity index (χ0v) is 48.5. The SMILES string of the molecule is CC/C=C\C/C=C\C/C=C\C/C=C\C/C=C\CCCCCCCCCCCCCCCC(=O)OC(COC(=O)CCCCCCCCCCCCCCCCCCCCC)COP(=O)([O-])OCC[N+](C)(C)C. The number of nitrogens with zero attached hydrogens (tertiary/aromatic N) is 1. The number of carbonyl (C=O) groups excluding carboxylic acids is 2. The number of phosphoric acid groups is 1. The molecule has 2 atom stereocenters. The third-order valence-corrected chi connectivity index (χ3v) is 14.0. The van der Waals surface area contributed by atoms with Crippen LogP contribution in [-0.4, -0.2) is 70.0 Å². The van der Waals surface area contributed by atoms with Crippen LogP contribution in [0.3, 0.4) is 0 Å². The quantitative estimate of drug-likeness (QED) is 0.0195. The second-order valence-electron chi connectivity index (χ2n) is 21.3. The first-order valence-corrected chi connectivity index (χ1v) is 31.5. The molecule has 0 saturated heterocycles. The molecule has 2 unspecified atom stereocenters. The Morgan fingerprint density at radius 3 is 1.18 bits per heavy atom. The number of hydrogen-bond acceptors (Lipinski definition) is 8. The fourth-order valence-corrected chi connectivity index (χ4v) is 9.18. The minimum absolute atomic E-state index is 0.0307. The zero-order valence-electron chi connectivity index (χ0n) is 47.6. The Balaban J connectivity index is 4.11. The number of ether oxygens (including phenoxy) is 2. The summed E-state index contributed by atoms with van der Waals surface area (Å²) in [4.78, 5) is 37.9. The molecule has 0 spiro atoms. The normalized spacial score (nSPS) is 13.7. The van der Waals surface area contributed by atoms with E-state index >= 15 is 0 Å². The van der Waals surface area contributed by atoms with E-state index in [9.17, 15) is 19.0 Å². The summed E-state index contributed by atoms with van der Waals surface area (Å²) in [5, 5.41) is 0. The van der Waals surface area contributed by atoms with Crippen molar-refractivity contribution in [2.75, 3.05) is 47.5 Å². The molecule has 0 amide bonds. The van der Waals surface area contributed by atoms with E-state index in [1.807, 2.05) is 21.1 Å². The van der Waals surface area contributed by atoms with E-state index in [0.29, 0.717) is 17.4 Å². The summed E-state index contributed by atoms with van der Waals surface area (Å²) < 4.78 is 34.2. The maximum absolute atomic E-state index is 12.8. The monoisotopic (exact) mass is 1030 g/mol. The number of allylic oxidation sites excluding steroid dienone is 10. The predicted molar refractivity (Wildman–Crippen MR) is 305 cm³/mol. The minimum atomic E-state index is -4.64. The van der Waals surface area contributed by atoms with E-state index in [1.165, 1.54) is 167 Å². The van der Waals surface area contributed by atoms with Crippen LogP contribution in [0.1, 0.15) is 271 Å². The molecular formula is C62H114NO8P.